The van der Waals surface area contributed by atoms with Crippen molar-refractivity contribution >= 4 is 29.3 Å². The van der Waals surface area contributed by atoms with Gasteiger partial charge in [0.2, 0.25) is 0 Å². The van der Waals surface area contributed by atoms with Crippen LogP contribution < -0.4 is 29.0 Å². The maximum atomic E-state index is 12.5. The van der Waals surface area contributed by atoms with E-state index < -0.39 is 0 Å². The average Bonchev–Trinajstić information content (AvgIpc) is 3.07. The number of methoxy groups -OCH3 is 2. The Balaban J connectivity index is 1.98. The van der Waals surface area contributed by atoms with E-state index >= 15 is 0 Å². The molecule has 0 atom stereocenters. The van der Waals surface area contributed by atoms with E-state index in [0.717, 1.165) is 5.56 Å². The van der Waals surface area contributed by atoms with Crippen LogP contribution in [0.3, 0.4) is 0 Å². The second-order valence-corrected chi connectivity index (χ2v) is 7.06. The normalized spacial score (nSPS) is 12.1. The number of hydrogen-bond donors (Lipinski definition) is 1. The summed E-state index contributed by atoms with van der Waals surface area (Å²) in [4.78, 5) is 27.5. The van der Waals surface area contributed by atoms with Crippen LogP contribution in [0.25, 0.3) is 12.2 Å². The van der Waals surface area contributed by atoms with Crippen LogP contribution >= 0.6 is 11.3 Å². The van der Waals surface area contributed by atoms with Crippen molar-refractivity contribution in [1.29, 1.82) is 0 Å². The van der Waals surface area contributed by atoms with Gasteiger partial charge in [-0.3, -0.25) is 9.59 Å². The van der Waals surface area contributed by atoms with Crippen molar-refractivity contribution in [1.82, 2.24) is 4.98 Å². The quantitative estimate of drug-likeness (QED) is 0.604. The molecule has 0 bridgehead atoms. The number of aromatic amines is 1. The molecule has 0 radical (unpaired) electrons. The van der Waals surface area contributed by atoms with E-state index in [1.807, 2.05) is 25.1 Å². The minimum Gasteiger partial charge on any atom is -0.497 e. The van der Waals surface area contributed by atoms with Gasteiger partial charge in [0.25, 0.3) is 5.56 Å². The average molecular weight is 411 g/mol. The van der Waals surface area contributed by atoms with Gasteiger partial charge in [-0.15, -0.1) is 11.3 Å². The Labute approximate surface area is 171 Å². The summed E-state index contributed by atoms with van der Waals surface area (Å²) in [6.45, 7) is 2.40. The van der Waals surface area contributed by atoms with Gasteiger partial charge < -0.3 is 19.2 Å². The van der Waals surface area contributed by atoms with Crippen LogP contribution in [0.15, 0.2) is 47.3 Å². The van der Waals surface area contributed by atoms with Gasteiger partial charge >= 0.3 is 0 Å². The van der Waals surface area contributed by atoms with Gasteiger partial charge in [0, 0.05) is 17.2 Å². The van der Waals surface area contributed by atoms with Crippen LogP contribution in [0.1, 0.15) is 22.8 Å². The third-order valence-corrected chi connectivity index (χ3v) is 5.08. The molecule has 2 aromatic carbocycles. The third kappa shape index (κ3) is 4.75. The summed E-state index contributed by atoms with van der Waals surface area (Å²) < 4.78 is 17.1. The number of ketones is 1. The minimum atomic E-state index is -0.271. The number of H-pyrrole nitrogens is 1. The van der Waals surface area contributed by atoms with Crippen LogP contribution in [0.4, 0.5) is 0 Å². The van der Waals surface area contributed by atoms with Gasteiger partial charge in [-0.05, 0) is 43.3 Å². The fourth-order valence-corrected chi connectivity index (χ4v) is 3.63. The molecule has 0 saturated heterocycles. The van der Waals surface area contributed by atoms with Crippen molar-refractivity contribution < 1.29 is 19.0 Å². The molecule has 0 aliphatic rings. The molecule has 1 N–H and O–H groups in total. The Kier molecular flexibility index (Phi) is 6.51. The zero-order valence-electron chi connectivity index (χ0n) is 16.4. The molecule has 0 spiro atoms. The van der Waals surface area contributed by atoms with E-state index in [9.17, 15) is 9.59 Å². The van der Waals surface area contributed by atoms with Gasteiger partial charge in [-0.1, -0.05) is 12.1 Å². The van der Waals surface area contributed by atoms with E-state index in [1.165, 1.54) is 17.4 Å². The van der Waals surface area contributed by atoms with Crippen molar-refractivity contribution in [3.63, 3.8) is 0 Å². The predicted molar refractivity (Wildman–Crippen MR) is 114 cm³/mol. The van der Waals surface area contributed by atoms with E-state index in [-0.39, 0.29) is 11.3 Å². The molecule has 0 unspecified atom stereocenters. The fraction of sp³-hybridized carbons (Fsp3) is 0.182. The van der Waals surface area contributed by atoms with E-state index in [0.29, 0.717) is 38.6 Å². The first-order valence-electron chi connectivity index (χ1n) is 8.96. The number of aromatic nitrogens is 1. The molecule has 1 heterocycles. The number of rotatable bonds is 7. The molecule has 150 valence electrons. The molecule has 0 amide bonds. The number of para-hydroxylation sites is 1. The van der Waals surface area contributed by atoms with E-state index in [1.54, 1.807) is 44.6 Å². The molecular weight excluding hydrogens is 390 g/mol. The number of hydrogen-bond acceptors (Lipinski definition) is 6. The lowest BCUT2D eigenvalue weighted by molar-refractivity contribution is 0.106. The highest BCUT2D eigenvalue weighted by molar-refractivity contribution is 7.07. The zero-order chi connectivity index (χ0) is 20.8. The highest BCUT2D eigenvalue weighted by Gasteiger charge is 2.09. The molecule has 0 aliphatic heterocycles. The molecule has 3 rings (SSSR count). The number of carbonyl (C=O) groups is 1. The van der Waals surface area contributed by atoms with Gasteiger partial charge in [0.15, 0.2) is 17.3 Å². The topological polar surface area (TPSA) is 77.6 Å². The first-order valence-corrected chi connectivity index (χ1v) is 9.78. The Morgan fingerprint density at radius 1 is 1.10 bits per heavy atom. The summed E-state index contributed by atoms with van der Waals surface area (Å²) in [6, 6.07) is 12.3. The largest absolute Gasteiger partial charge is 0.497 e. The number of thiazole rings is 1. The van der Waals surface area contributed by atoms with Crippen LogP contribution in [0, 0.1) is 0 Å². The standard InChI is InChI=1S/C22H21NO5S/c1-4-28-18-7-5-6-15(21(18)27-3)12-19-22(25)23-20(29-19)13-17(24)14-8-10-16(26-2)11-9-14/h5-13H,4H2,1-3H3,(H,23,25)/b19-12-,20-13-. The molecule has 0 aliphatic carbocycles. The Morgan fingerprint density at radius 2 is 1.86 bits per heavy atom. The molecule has 6 nitrogen and oxygen atoms in total. The van der Waals surface area contributed by atoms with Gasteiger partial charge in [-0.2, -0.15) is 0 Å². The number of carbonyl (C=O) groups excluding carboxylic acids is 1. The van der Waals surface area contributed by atoms with Crippen LogP contribution in [-0.4, -0.2) is 31.6 Å². The molecule has 3 aromatic rings. The smallest absolute Gasteiger partial charge is 0.266 e. The summed E-state index contributed by atoms with van der Waals surface area (Å²) in [7, 11) is 3.12. The van der Waals surface area contributed by atoms with E-state index in [2.05, 4.69) is 4.98 Å². The van der Waals surface area contributed by atoms with Crippen molar-refractivity contribution in [2.24, 2.45) is 0 Å². The molecular formula is C22H21NO5S. The van der Waals surface area contributed by atoms with Crippen LogP contribution in [-0.2, 0) is 0 Å². The van der Waals surface area contributed by atoms with Crippen LogP contribution in [0.5, 0.6) is 17.2 Å². The summed E-state index contributed by atoms with van der Waals surface area (Å²) in [5.41, 5.74) is 0.961. The number of nitrogens with one attached hydrogen (secondary N) is 1. The number of Topliss-reactive ketones (excluding diaryl/α,β-unsaturated/α-hetero) is 1. The van der Waals surface area contributed by atoms with Gasteiger partial charge in [0.05, 0.1) is 30.0 Å². The minimum absolute atomic E-state index is 0.201. The number of ether oxygens (including phenoxy) is 3. The van der Waals surface area contributed by atoms with Gasteiger partial charge in [-0.25, -0.2) is 0 Å². The lowest BCUT2D eigenvalue weighted by atomic mass is 10.1. The lowest BCUT2D eigenvalue weighted by Crippen LogP contribution is -2.20. The summed E-state index contributed by atoms with van der Waals surface area (Å²) in [5.74, 6) is 1.64. The lowest BCUT2D eigenvalue weighted by Gasteiger charge is -2.11. The van der Waals surface area contributed by atoms with Crippen molar-refractivity contribution in [2.45, 2.75) is 6.92 Å². The first-order chi connectivity index (χ1) is 14.0. The van der Waals surface area contributed by atoms with Crippen molar-refractivity contribution in [3.05, 3.63) is 73.1 Å². The second-order valence-electron chi connectivity index (χ2n) is 5.98. The monoisotopic (exact) mass is 411 g/mol. The Hall–Kier alpha value is -3.32. The third-order valence-electron chi connectivity index (χ3n) is 4.12. The predicted octanol–water partition coefficient (Wildman–Crippen LogP) is 2.34. The molecule has 0 saturated carbocycles. The Morgan fingerprint density at radius 3 is 2.52 bits per heavy atom. The number of benzene rings is 2. The first kappa shape index (κ1) is 20.4. The zero-order valence-corrected chi connectivity index (χ0v) is 17.2. The van der Waals surface area contributed by atoms with Crippen molar-refractivity contribution in [2.75, 3.05) is 20.8 Å². The highest BCUT2D eigenvalue weighted by atomic mass is 32.1. The molecule has 7 heteroatoms. The molecule has 1 aromatic heterocycles. The van der Waals surface area contributed by atoms with Crippen molar-refractivity contribution in [3.8, 4) is 17.2 Å². The maximum absolute atomic E-state index is 12.5. The summed E-state index contributed by atoms with van der Waals surface area (Å²) in [6.07, 6.45) is 3.14. The van der Waals surface area contributed by atoms with Crippen LogP contribution in [0.2, 0.25) is 0 Å². The molecule has 0 fully saturated rings. The maximum Gasteiger partial charge on any atom is 0.266 e. The SMILES string of the molecule is CCOc1cccc(/C=c2\s/c(=C\C(=O)c3ccc(OC)cc3)[nH]c2=O)c1OC. The highest BCUT2D eigenvalue weighted by Crippen LogP contribution is 2.31. The summed E-state index contributed by atoms with van der Waals surface area (Å²) in [5, 5.41) is 0. The Bertz CT molecular complexity index is 1180. The summed E-state index contributed by atoms with van der Waals surface area (Å²) >= 11 is 1.20. The molecule has 29 heavy (non-hydrogen) atoms. The van der Waals surface area contributed by atoms with E-state index in [4.69, 9.17) is 14.2 Å². The van der Waals surface area contributed by atoms with Gasteiger partial charge in [0.1, 0.15) is 5.75 Å². The second kappa shape index (κ2) is 9.25. The fourth-order valence-electron chi connectivity index (χ4n) is 2.76.